The fourth-order valence-corrected chi connectivity index (χ4v) is 3.53. The number of aromatic nitrogens is 4. The third-order valence-electron chi connectivity index (χ3n) is 3.94. The van der Waals surface area contributed by atoms with Crippen LogP contribution in [-0.2, 0) is 11.2 Å². The summed E-state index contributed by atoms with van der Waals surface area (Å²) in [6.07, 6.45) is 2.98. The SMILES string of the molecule is O=C(Cc1cccs1)N[C@H]1CCN(c2ccc3nncn3n2)C1. The number of anilines is 1. The van der Waals surface area contributed by atoms with E-state index in [9.17, 15) is 4.79 Å². The van der Waals surface area contributed by atoms with Crippen molar-refractivity contribution >= 4 is 28.7 Å². The molecule has 0 spiro atoms. The van der Waals surface area contributed by atoms with E-state index in [0.29, 0.717) is 6.42 Å². The minimum Gasteiger partial charge on any atom is -0.353 e. The molecule has 0 aromatic carbocycles. The Morgan fingerprint density at radius 1 is 1.39 bits per heavy atom. The maximum atomic E-state index is 12.1. The number of hydrogen-bond donors (Lipinski definition) is 1. The molecule has 3 aromatic heterocycles. The maximum Gasteiger partial charge on any atom is 0.225 e. The van der Waals surface area contributed by atoms with Crippen molar-refractivity contribution < 1.29 is 4.79 Å². The molecule has 4 heterocycles. The van der Waals surface area contributed by atoms with Crippen LogP contribution in [0.25, 0.3) is 5.65 Å². The molecule has 3 aromatic rings. The fraction of sp³-hybridized carbons (Fsp3) is 0.333. The van der Waals surface area contributed by atoms with Gasteiger partial charge in [0.1, 0.15) is 12.1 Å². The van der Waals surface area contributed by atoms with Crippen molar-refractivity contribution in [1.82, 2.24) is 25.1 Å². The Morgan fingerprint density at radius 2 is 2.35 bits per heavy atom. The van der Waals surface area contributed by atoms with E-state index < -0.39 is 0 Å². The number of carbonyl (C=O) groups is 1. The number of amides is 1. The molecule has 1 atom stereocenters. The summed E-state index contributed by atoms with van der Waals surface area (Å²) in [6.45, 7) is 1.65. The van der Waals surface area contributed by atoms with Crippen molar-refractivity contribution in [3.63, 3.8) is 0 Å². The zero-order valence-electron chi connectivity index (χ0n) is 12.4. The van der Waals surface area contributed by atoms with E-state index in [0.717, 1.165) is 35.9 Å². The number of nitrogens with zero attached hydrogens (tertiary/aromatic N) is 5. The molecule has 1 saturated heterocycles. The summed E-state index contributed by atoms with van der Waals surface area (Å²) < 4.78 is 1.66. The predicted octanol–water partition coefficient (Wildman–Crippen LogP) is 1.12. The molecule has 4 rings (SSSR count). The second-order valence-electron chi connectivity index (χ2n) is 5.58. The molecule has 1 aliphatic rings. The monoisotopic (exact) mass is 328 g/mol. The van der Waals surface area contributed by atoms with Crippen molar-refractivity contribution in [3.05, 3.63) is 40.8 Å². The van der Waals surface area contributed by atoms with Crippen LogP contribution in [0.2, 0.25) is 0 Å². The van der Waals surface area contributed by atoms with Crippen LogP contribution < -0.4 is 10.2 Å². The van der Waals surface area contributed by atoms with E-state index in [4.69, 9.17) is 0 Å². The number of fused-ring (bicyclic) bond motifs is 1. The number of rotatable bonds is 4. The minimum atomic E-state index is 0.0847. The van der Waals surface area contributed by atoms with Gasteiger partial charge in [-0.1, -0.05) is 6.07 Å². The zero-order valence-corrected chi connectivity index (χ0v) is 13.2. The van der Waals surface area contributed by atoms with Crippen LogP contribution >= 0.6 is 11.3 Å². The third-order valence-corrected chi connectivity index (χ3v) is 4.82. The lowest BCUT2D eigenvalue weighted by Gasteiger charge is -2.17. The van der Waals surface area contributed by atoms with Gasteiger partial charge in [-0.25, -0.2) is 0 Å². The molecular weight excluding hydrogens is 312 g/mol. The second kappa shape index (κ2) is 5.96. The molecule has 1 N–H and O–H groups in total. The van der Waals surface area contributed by atoms with Gasteiger partial charge in [0, 0.05) is 24.0 Å². The zero-order chi connectivity index (χ0) is 15.6. The number of nitrogens with one attached hydrogen (secondary N) is 1. The van der Waals surface area contributed by atoms with Gasteiger partial charge in [0.15, 0.2) is 5.65 Å². The van der Waals surface area contributed by atoms with Gasteiger partial charge < -0.3 is 10.2 Å². The first-order chi connectivity index (χ1) is 11.3. The Hall–Kier alpha value is -2.48. The van der Waals surface area contributed by atoms with Gasteiger partial charge in [0.25, 0.3) is 0 Å². The Balaban J connectivity index is 1.37. The lowest BCUT2D eigenvalue weighted by atomic mass is 10.2. The van der Waals surface area contributed by atoms with E-state index in [1.54, 1.807) is 22.2 Å². The molecule has 1 amide bonds. The van der Waals surface area contributed by atoms with Crippen LogP contribution in [0.15, 0.2) is 36.0 Å². The Labute approximate surface area is 136 Å². The molecule has 23 heavy (non-hydrogen) atoms. The van der Waals surface area contributed by atoms with Crippen LogP contribution in [0.3, 0.4) is 0 Å². The Kier molecular flexibility index (Phi) is 3.66. The average molecular weight is 328 g/mol. The van der Waals surface area contributed by atoms with E-state index in [-0.39, 0.29) is 11.9 Å². The van der Waals surface area contributed by atoms with Gasteiger partial charge in [-0.15, -0.1) is 26.6 Å². The van der Waals surface area contributed by atoms with Gasteiger partial charge in [-0.05, 0) is 30.0 Å². The van der Waals surface area contributed by atoms with E-state index >= 15 is 0 Å². The van der Waals surface area contributed by atoms with Gasteiger partial charge >= 0.3 is 0 Å². The van der Waals surface area contributed by atoms with Crippen molar-refractivity contribution in [2.75, 3.05) is 18.0 Å². The molecule has 0 saturated carbocycles. The smallest absolute Gasteiger partial charge is 0.225 e. The first-order valence-corrected chi connectivity index (χ1v) is 8.40. The highest BCUT2D eigenvalue weighted by Gasteiger charge is 2.25. The maximum absolute atomic E-state index is 12.1. The molecule has 8 heteroatoms. The van der Waals surface area contributed by atoms with Crippen molar-refractivity contribution in [2.24, 2.45) is 0 Å². The second-order valence-corrected chi connectivity index (χ2v) is 6.61. The Bertz CT molecular complexity index is 814. The molecule has 1 fully saturated rings. The average Bonchev–Trinajstić information content (AvgIpc) is 3.27. The first-order valence-electron chi connectivity index (χ1n) is 7.52. The molecule has 0 radical (unpaired) electrons. The van der Waals surface area contributed by atoms with E-state index in [2.05, 4.69) is 25.5 Å². The van der Waals surface area contributed by atoms with Crippen molar-refractivity contribution in [3.8, 4) is 0 Å². The summed E-state index contributed by atoms with van der Waals surface area (Å²) in [5.41, 5.74) is 0.730. The quantitative estimate of drug-likeness (QED) is 0.777. The number of hydrogen-bond acceptors (Lipinski definition) is 6. The van der Waals surface area contributed by atoms with Crippen LogP contribution in [0.5, 0.6) is 0 Å². The van der Waals surface area contributed by atoms with E-state index in [1.807, 2.05) is 29.6 Å². The lowest BCUT2D eigenvalue weighted by molar-refractivity contribution is -0.120. The van der Waals surface area contributed by atoms with E-state index in [1.165, 1.54) is 0 Å². The summed E-state index contributed by atoms with van der Waals surface area (Å²) in [5.74, 6) is 0.967. The topological polar surface area (TPSA) is 75.4 Å². The largest absolute Gasteiger partial charge is 0.353 e. The molecule has 118 valence electrons. The van der Waals surface area contributed by atoms with Crippen LogP contribution in [-0.4, -0.2) is 44.8 Å². The summed E-state index contributed by atoms with van der Waals surface area (Å²) >= 11 is 1.61. The molecule has 0 unspecified atom stereocenters. The van der Waals surface area contributed by atoms with Crippen molar-refractivity contribution in [1.29, 1.82) is 0 Å². The van der Waals surface area contributed by atoms with Crippen molar-refractivity contribution in [2.45, 2.75) is 18.9 Å². The standard InChI is InChI=1S/C15H16N6OS/c22-15(8-12-2-1-7-23-12)17-11-5-6-20(9-11)14-4-3-13-18-16-10-21(13)19-14/h1-4,7,10-11H,5-6,8-9H2,(H,17,22)/t11-/m0/s1. The van der Waals surface area contributed by atoms with Gasteiger partial charge in [0.2, 0.25) is 5.91 Å². The van der Waals surface area contributed by atoms with Gasteiger partial charge in [-0.2, -0.15) is 4.52 Å². The normalized spacial score (nSPS) is 17.7. The molecule has 0 bridgehead atoms. The van der Waals surface area contributed by atoms with Gasteiger partial charge in [-0.3, -0.25) is 4.79 Å². The highest BCUT2D eigenvalue weighted by molar-refractivity contribution is 7.10. The first kappa shape index (κ1) is 14.1. The molecular formula is C15H16N6OS. The third kappa shape index (κ3) is 3.02. The lowest BCUT2D eigenvalue weighted by Crippen LogP contribution is -2.38. The fourth-order valence-electron chi connectivity index (χ4n) is 2.82. The highest BCUT2D eigenvalue weighted by Crippen LogP contribution is 2.18. The van der Waals surface area contributed by atoms with Crippen LogP contribution in [0.1, 0.15) is 11.3 Å². The summed E-state index contributed by atoms with van der Waals surface area (Å²) in [5, 5.41) is 17.4. The summed E-state index contributed by atoms with van der Waals surface area (Å²) in [7, 11) is 0. The number of thiophene rings is 1. The van der Waals surface area contributed by atoms with Crippen LogP contribution in [0.4, 0.5) is 5.82 Å². The molecule has 0 aliphatic carbocycles. The van der Waals surface area contributed by atoms with Gasteiger partial charge in [0.05, 0.1) is 6.42 Å². The van der Waals surface area contributed by atoms with Crippen LogP contribution in [0, 0.1) is 0 Å². The predicted molar refractivity (Wildman–Crippen MR) is 87.6 cm³/mol. The summed E-state index contributed by atoms with van der Waals surface area (Å²) in [6, 6.07) is 7.97. The Morgan fingerprint density at radius 3 is 3.22 bits per heavy atom. The highest BCUT2D eigenvalue weighted by atomic mass is 32.1. The minimum absolute atomic E-state index is 0.0847. The molecule has 1 aliphatic heterocycles. The number of carbonyl (C=O) groups excluding carboxylic acids is 1. The summed E-state index contributed by atoms with van der Waals surface area (Å²) in [4.78, 5) is 15.4. The molecule has 7 nitrogen and oxygen atoms in total.